The third kappa shape index (κ3) is 3.46. The summed E-state index contributed by atoms with van der Waals surface area (Å²) >= 11 is 3.38. The van der Waals surface area contributed by atoms with Crippen molar-refractivity contribution in [3.05, 3.63) is 105 Å². The highest BCUT2D eigenvalue weighted by molar-refractivity contribution is 9.10. The quantitative estimate of drug-likeness (QED) is 0.309. The first-order valence-corrected chi connectivity index (χ1v) is 10.4. The van der Waals surface area contributed by atoms with E-state index in [2.05, 4.69) is 15.9 Å². The number of halogens is 1. The number of carbonyl (C=O) groups excluding carboxylic acids is 2. The number of carbonyl (C=O) groups is 2. The molecule has 0 saturated carbocycles. The SMILES string of the molecule is Cc1ccc(N2C(=O)C(=O)/C(=C(\O)c3ccc(Br)cc3)C2c2ccccc2C)cc1. The van der Waals surface area contributed by atoms with Crippen molar-refractivity contribution in [2.75, 3.05) is 4.90 Å². The molecule has 1 saturated heterocycles. The van der Waals surface area contributed by atoms with Crippen LogP contribution in [0.25, 0.3) is 5.76 Å². The minimum Gasteiger partial charge on any atom is -0.507 e. The van der Waals surface area contributed by atoms with E-state index in [1.54, 1.807) is 24.3 Å². The maximum absolute atomic E-state index is 13.1. The molecule has 1 aliphatic rings. The molecule has 5 heteroatoms. The minimum absolute atomic E-state index is 0.0946. The number of hydrogen-bond acceptors (Lipinski definition) is 3. The van der Waals surface area contributed by atoms with Gasteiger partial charge >= 0.3 is 0 Å². The van der Waals surface area contributed by atoms with E-state index in [4.69, 9.17) is 0 Å². The van der Waals surface area contributed by atoms with Gasteiger partial charge in [-0.05, 0) is 49.2 Å². The Kier molecular flexibility index (Phi) is 5.31. The molecular formula is C25H20BrNO3. The molecule has 4 rings (SSSR count). The maximum atomic E-state index is 13.1. The molecule has 1 aliphatic heterocycles. The topological polar surface area (TPSA) is 57.6 Å². The normalized spacial score (nSPS) is 18.1. The number of aliphatic hydroxyl groups is 1. The molecule has 1 amide bonds. The average Bonchev–Trinajstić information content (AvgIpc) is 3.00. The summed E-state index contributed by atoms with van der Waals surface area (Å²) in [5.74, 6) is -1.52. The number of Topliss-reactive ketones (excluding diaryl/α,β-unsaturated/α-hetero) is 1. The van der Waals surface area contributed by atoms with Crippen LogP contribution >= 0.6 is 15.9 Å². The van der Waals surface area contributed by atoms with Gasteiger partial charge in [0.1, 0.15) is 5.76 Å². The van der Waals surface area contributed by atoms with Crippen molar-refractivity contribution in [2.45, 2.75) is 19.9 Å². The van der Waals surface area contributed by atoms with Gasteiger partial charge in [-0.1, -0.05) is 70.0 Å². The van der Waals surface area contributed by atoms with Crippen molar-refractivity contribution in [2.24, 2.45) is 0 Å². The summed E-state index contributed by atoms with van der Waals surface area (Å²) in [5, 5.41) is 11.1. The van der Waals surface area contributed by atoms with Crippen molar-refractivity contribution >= 4 is 39.1 Å². The Balaban J connectivity index is 1.96. The van der Waals surface area contributed by atoms with E-state index in [0.717, 1.165) is 21.2 Å². The summed E-state index contributed by atoms with van der Waals surface area (Å²) in [5.41, 5.74) is 3.98. The van der Waals surface area contributed by atoms with Gasteiger partial charge in [0, 0.05) is 15.7 Å². The molecule has 1 heterocycles. The molecule has 3 aromatic carbocycles. The van der Waals surface area contributed by atoms with Crippen LogP contribution in [-0.2, 0) is 9.59 Å². The predicted octanol–water partition coefficient (Wildman–Crippen LogP) is 5.69. The molecule has 150 valence electrons. The molecule has 0 bridgehead atoms. The molecule has 0 aromatic heterocycles. The zero-order chi connectivity index (χ0) is 21.4. The average molecular weight is 462 g/mol. The van der Waals surface area contributed by atoms with Crippen LogP contribution in [0.1, 0.15) is 28.3 Å². The number of hydrogen-bond donors (Lipinski definition) is 1. The summed E-state index contributed by atoms with van der Waals surface area (Å²) in [6.45, 7) is 3.90. The van der Waals surface area contributed by atoms with Crippen LogP contribution in [0.4, 0.5) is 5.69 Å². The van der Waals surface area contributed by atoms with Crippen LogP contribution in [0.5, 0.6) is 0 Å². The summed E-state index contributed by atoms with van der Waals surface area (Å²) in [6.07, 6.45) is 0. The number of aliphatic hydroxyl groups excluding tert-OH is 1. The molecule has 0 spiro atoms. The predicted molar refractivity (Wildman–Crippen MR) is 121 cm³/mol. The van der Waals surface area contributed by atoms with E-state index in [-0.39, 0.29) is 11.3 Å². The van der Waals surface area contributed by atoms with Crippen LogP contribution in [0, 0.1) is 13.8 Å². The molecule has 1 N–H and O–H groups in total. The lowest BCUT2D eigenvalue weighted by molar-refractivity contribution is -0.132. The molecule has 0 radical (unpaired) electrons. The third-order valence-corrected chi connectivity index (χ3v) is 5.89. The van der Waals surface area contributed by atoms with E-state index < -0.39 is 17.7 Å². The number of benzene rings is 3. The van der Waals surface area contributed by atoms with Gasteiger partial charge < -0.3 is 5.11 Å². The summed E-state index contributed by atoms with van der Waals surface area (Å²) in [4.78, 5) is 27.7. The second-order valence-electron chi connectivity index (χ2n) is 7.37. The molecule has 1 unspecified atom stereocenters. The van der Waals surface area contributed by atoms with Gasteiger partial charge in [0.15, 0.2) is 0 Å². The fraction of sp³-hybridized carbons (Fsp3) is 0.120. The van der Waals surface area contributed by atoms with E-state index >= 15 is 0 Å². The number of anilines is 1. The van der Waals surface area contributed by atoms with Crippen LogP contribution in [0.15, 0.2) is 82.8 Å². The summed E-state index contributed by atoms with van der Waals surface area (Å²) in [6, 6.07) is 21.4. The van der Waals surface area contributed by atoms with E-state index in [9.17, 15) is 14.7 Å². The monoisotopic (exact) mass is 461 g/mol. The van der Waals surface area contributed by atoms with Crippen molar-refractivity contribution in [3.63, 3.8) is 0 Å². The molecule has 1 fully saturated rings. The highest BCUT2D eigenvalue weighted by atomic mass is 79.9. The third-order valence-electron chi connectivity index (χ3n) is 5.36. The second kappa shape index (κ2) is 7.92. The number of nitrogens with zero attached hydrogens (tertiary/aromatic N) is 1. The van der Waals surface area contributed by atoms with Gasteiger partial charge in [0.05, 0.1) is 11.6 Å². The van der Waals surface area contributed by atoms with Crippen LogP contribution in [0.3, 0.4) is 0 Å². The fourth-order valence-corrected chi connectivity index (χ4v) is 4.02. The first-order valence-electron chi connectivity index (χ1n) is 9.57. The van der Waals surface area contributed by atoms with Crippen molar-refractivity contribution in [1.29, 1.82) is 0 Å². The van der Waals surface area contributed by atoms with E-state index in [0.29, 0.717) is 11.3 Å². The first-order chi connectivity index (χ1) is 14.4. The Labute approximate surface area is 183 Å². The number of ketones is 1. The van der Waals surface area contributed by atoms with Crippen LogP contribution < -0.4 is 4.90 Å². The van der Waals surface area contributed by atoms with Crippen LogP contribution in [-0.4, -0.2) is 16.8 Å². The van der Waals surface area contributed by atoms with Crippen molar-refractivity contribution in [3.8, 4) is 0 Å². The zero-order valence-corrected chi connectivity index (χ0v) is 18.2. The number of aryl methyl sites for hydroxylation is 2. The second-order valence-corrected chi connectivity index (χ2v) is 8.28. The van der Waals surface area contributed by atoms with Crippen molar-refractivity contribution in [1.82, 2.24) is 0 Å². The molecule has 30 heavy (non-hydrogen) atoms. The van der Waals surface area contributed by atoms with Gasteiger partial charge in [-0.15, -0.1) is 0 Å². The lowest BCUT2D eigenvalue weighted by Gasteiger charge is -2.26. The fourth-order valence-electron chi connectivity index (χ4n) is 3.76. The van der Waals surface area contributed by atoms with Gasteiger partial charge in [0.2, 0.25) is 0 Å². The number of amides is 1. The first kappa shape index (κ1) is 20.1. The minimum atomic E-state index is -0.711. The maximum Gasteiger partial charge on any atom is 0.300 e. The standard InChI is InChI=1S/C25H20BrNO3/c1-15-7-13-19(14-8-15)27-22(20-6-4-3-5-16(20)2)21(24(29)25(27)30)23(28)17-9-11-18(26)12-10-17/h3-14,22,28H,1-2H3/b23-21-. The van der Waals surface area contributed by atoms with Crippen LogP contribution in [0.2, 0.25) is 0 Å². The Morgan fingerprint density at radius 2 is 1.53 bits per heavy atom. The van der Waals surface area contributed by atoms with Gasteiger partial charge in [0.25, 0.3) is 11.7 Å². The molecular weight excluding hydrogens is 442 g/mol. The lowest BCUT2D eigenvalue weighted by atomic mass is 9.92. The highest BCUT2D eigenvalue weighted by Crippen LogP contribution is 2.43. The zero-order valence-electron chi connectivity index (χ0n) is 16.6. The Hall–Kier alpha value is -3.18. The Bertz CT molecular complexity index is 1160. The molecule has 3 aromatic rings. The smallest absolute Gasteiger partial charge is 0.300 e. The highest BCUT2D eigenvalue weighted by Gasteiger charge is 2.47. The molecule has 0 aliphatic carbocycles. The van der Waals surface area contributed by atoms with E-state index in [1.807, 2.05) is 62.4 Å². The summed E-state index contributed by atoms with van der Waals surface area (Å²) < 4.78 is 0.856. The van der Waals surface area contributed by atoms with Gasteiger partial charge in [-0.3, -0.25) is 14.5 Å². The summed E-state index contributed by atoms with van der Waals surface area (Å²) in [7, 11) is 0. The number of rotatable bonds is 3. The Morgan fingerprint density at radius 1 is 0.900 bits per heavy atom. The largest absolute Gasteiger partial charge is 0.507 e. The van der Waals surface area contributed by atoms with Crippen molar-refractivity contribution < 1.29 is 14.7 Å². The Morgan fingerprint density at radius 3 is 2.17 bits per heavy atom. The lowest BCUT2D eigenvalue weighted by Crippen LogP contribution is -2.29. The van der Waals surface area contributed by atoms with Gasteiger partial charge in [-0.25, -0.2) is 0 Å². The molecule has 4 nitrogen and oxygen atoms in total. The van der Waals surface area contributed by atoms with E-state index in [1.165, 1.54) is 4.90 Å². The van der Waals surface area contributed by atoms with Gasteiger partial charge in [-0.2, -0.15) is 0 Å². The molecule has 1 atom stereocenters.